The maximum Gasteiger partial charge on any atom is 0.125 e. The van der Waals surface area contributed by atoms with Crippen LogP contribution in [0.3, 0.4) is 0 Å². The fourth-order valence-electron chi connectivity index (χ4n) is 1.98. The summed E-state index contributed by atoms with van der Waals surface area (Å²) >= 11 is 0. The van der Waals surface area contributed by atoms with Crippen LogP contribution < -0.4 is 4.74 Å². The molecule has 1 aromatic carbocycles. The average Bonchev–Trinajstić information content (AvgIpc) is 2.23. The van der Waals surface area contributed by atoms with Gasteiger partial charge in [-0.2, -0.15) is 0 Å². The van der Waals surface area contributed by atoms with Gasteiger partial charge < -0.3 is 9.84 Å². The monoisotopic (exact) mass is 222 g/mol. The van der Waals surface area contributed by atoms with Gasteiger partial charge in [-0.05, 0) is 43.9 Å². The zero-order valence-electron chi connectivity index (χ0n) is 10.7. The maximum absolute atomic E-state index is 9.10. The van der Waals surface area contributed by atoms with Crippen molar-refractivity contribution in [3.05, 3.63) is 28.8 Å². The highest BCUT2D eigenvalue weighted by Gasteiger charge is 2.09. The summed E-state index contributed by atoms with van der Waals surface area (Å²) in [4.78, 5) is 0. The van der Waals surface area contributed by atoms with E-state index in [2.05, 4.69) is 13.8 Å². The Kier molecular flexibility index (Phi) is 4.81. The minimum absolute atomic E-state index is 0.0898. The van der Waals surface area contributed by atoms with Crippen LogP contribution in [0.1, 0.15) is 43.4 Å². The lowest BCUT2D eigenvalue weighted by Gasteiger charge is -2.18. The van der Waals surface area contributed by atoms with E-state index in [1.54, 1.807) is 0 Å². The van der Waals surface area contributed by atoms with Crippen LogP contribution in [0.15, 0.2) is 12.1 Å². The van der Waals surface area contributed by atoms with Crippen LogP contribution in [-0.4, -0.2) is 11.2 Å². The molecule has 1 atom stereocenters. The molecule has 0 spiro atoms. The molecule has 1 aromatic rings. The Morgan fingerprint density at radius 2 is 1.81 bits per heavy atom. The first-order valence-corrected chi connectivity index (χ1v) is 5.96. The molecule has 0 amide bonds. The summed E-state index contributed by atoms with van der Waals surface area (Å²) in [7, 11) is 0. The van der Waals surface area contributed by atoms with Crippen molar-refractivity contribution < 1.29 is 9.84 Å². The van der Waals surface area contributed by atoms with Gasteiger partial charge in [0.05, 0.1) is 12.7 Å². The number of hydrogen-bond acceptors (Lipinski definition) is 2. The summed E-state index contributed by atoms with van der Waals surface area (Å²) in [5.74, 6) is 0.971. The minimum atomic E-state index is 0.0898. The molecule has 2 heteroatoms. The number of benzene rings is 1. The third kappa shape index (κ3) is 3.24. The van der Waals surface area contributed by atoms with Crippen molar-refractivity contribution in [3.63, 3.8) is 0 Å². The van der Waals surface area contributed by atoms with E-state index in [1.165, 1.54) is 0 Å². The molecule has 0 saturated heterocycles. The van der Waals surface area contributed by atoms with Crippen molar-refractivity contribution in [1.29, 1.82) is 0 Å². The lowest BCUT2D eigenvalue weighted by Crippen LogP contribution is -2.12. The van der Waals surface area contributed by atoms with Crippen molar-refractivity contribution in [2.75, 3.05) is 0 Å². The van der Waals surface area contributed by atoms with Crippen LogP contribution in [0.4, 0.5) is 0 Å². The number of hydrogen-bond donors (Lipinski definition) is 1. The van der Waals surface area contributed by atoms with Gasteiger partial charge in [0.1, 0.15) is 5.75 Å². The Hall–Kier alpha value is -1.02. The first kappa shape index (κ1) is 13.0. The second kappa shape index (κ2) is 5.90. The molecule has 0 bridgehead atoms. The molecule has 0 aliphatic carbocycles. The number of ether oxygens (including phenoxy) is 1. The van der Waals surface area contributed by atoms with Crippen LogP contribution in [0.5, 0.6) is 5.75 Å². The molecular weight excluding hydrogens is 200 g/mol. The SMILES string of the molecule is CCCC(C)Oc1c(C)cc(CO)cc1C. The quantitative estimate of drug-likeness (QED) is 0.827. The molecule has 0 aliphatic heterocycles. The summed E-state index contributed by atoms with van der Waals surface area (Å²) in [6, 6.07) is 3.97. The van der Waals surface area contributed by atoms with E-state index in [-0.39, 0.29) is 12.7 Å². The van der Waals surface area contributed by atoms with Gasteiger partial charge in [0, 0.05) is 0 Å². The Morgan fingerprint density at radius 1 is 1.25 bits per heavy atom. The van der Waals surface area contributed by atoms with Crippen LogP contribution in [0, 0.1) is 13.8 Å². The van der Waals surface area contributed by atoms with E-state index in [9.17, 15) is 0 Å². The first-order chi connectivity index (χ1) is 7.58. The molecule has 2 nitrogen and oxygen atoms in total. The largest absolute Gasteiger partial charge is 0.490 e. The van der Waals surface area contributed by atoms with E-state index < -0.39 is 0 Å². The zero-order chi connectivity index (χ0) is 12.1. The summed E-state index contributed by atoms with van der Waals surface area (Å²) in [5, 5.41) is 9.10. The lowest BCUT2D eigenvalue weighted by atomic mass is 10.1. The third-order valence-corrected chi connectivity index (χ3v) is 2.72. The van der Waals surface area contributed by atoms with E-state index in [4.69, 9.17) is 9.84 Å². The highest BCUT2D eigenvalue weighted by atomic mass is 16.5. The van der Waals surface area contributed by atoms with Crippen molar-refractivity contribution in [1.82, 2.24) is 0 Å². The summed E-state index contributed by atoms with van der Waals surface area (Å²) in [5.41, 5.74) is 3.16. The Bertz CT molecular complexity index is 322. The predicted octanol–water partition coefficient (Wildman–Crippen LogP) is 3.36. The van der Waals surface area contributed by atoms with Gasteiger partial charge in [0.2, 0.25) is 0 Å². The second-order valence-corrected chi connectivity index (χ2v) is 4.43. The molecule has 0 saturated carbocycles. The fourth-order valence-corrected chi connectivity index (χ4v) is 1.98. The van der Waals surface area contributed by atoms with E-state index >= 15 is 0 Å². The van der Waals surface area contributed by atoms with Crippen LogP contribution in [0.25, 0.3) is 0 Å². The highest BCUT2D eigenvalue weighted by molar-refractivity contribution is 5.43. The number of aliphatic hydroxyl groups excluding tert-OH is 1. The number of aryl methyl sites for hydroxylation is 2. The van der Waals surface area contributed by atoms with Crippen LogP contribution >= 0.6 is 0 Å². The van der Waals surface area contributed by atoms with Gasteiger partial charge in [-0.1, -0.05) is 25.5 Å². The van der Waals surface area contributed by atoms with Crippen LogP contribution in [-0.2, 0) is 6.61 Å². The normalized spacial score (nSPS) is 12.6. The first-order valence-electron chi connectivity index (χ1n) is 5.96. The predicted molar refractivity (Wildman–Crippen MR) is 66.8 cm³/mol. The Labute approximate surface area is 98.3 Å². The van der Waals surface area contributed by atoms with Gasteiger partial charge in [0.25, 0.3) is 0 Å². The standard InChI is InChI=1S/C14H22O2/c1-5-6-12(4)16-14-10(2)7-13(9-15)8-11(14)3/h7-8,12,15H,5-6,9H2,1-4H3. The zero-order valence-corrected chi connectivity index (χ0v) is 10.7. The van der Waals surface area contributed by atoms with Crippen molar-refractivity contribution in [2.45, 2.75) is 53.2 Å². The van der Waals surface area contributed by atoms with Gasteiger partial charge in [-0.25, -0.2) is 0 Å². The van der Waals surface area contributed by atoms with Gasteiger partial charge in [-0.3, -0.25) is 0 Å². The molecule has 1 N–H and O–H groups in total. The Balaban J connectivity index is 2.87. The Morgan fingerprint density at radius 3 is 2.25 bits per heavy atom. The minimum Gasteiger partial charge on any atom is -0.490 e. The second-order valence-electron chi connectivity index (χ2n) is 4.43. The van der Waals surface area contributed by atoms with E-state index in [0.29, 0.717) is 0 Å². The molecule has 0 fully saturated rings. The van der Waals surface area contributed by atoms with E-state index in [0.717, 1.165) is 35.3 Å². The molecule has 0 aromatic heterocycles. The van der Waals surface area contributed by atoms with Crippen LogP contribution in [0.2, 0.25) is 0 Å². The average molecular weight is 222 g/mol. The third-order valence-electron chi connectivity index (χ3n) is 2.72. The van der Waals surface area contributed by atoms with Gasteiger partial charge in [-0.15, -0.1) is 0 Å². The number of aliphatic hydroxyl groups is 1. The molecule has 0 radical (unpaired) electrons. The van der Waals surface area contributed by atoms with Gasteiger partial charge in [0.15, 0.2) is 0 Å². The number of rotatable bonds is 5. The molecular formula is C14H22O2. The summed E-state index contributed by atoms with van der Waals surface area (Å²) in [6.45, 7) is 8.41. The maximum atomic E-state index is 9.10. The summed E-state index contributed by atoms with van der Waals surface area (Å²) in [6.07, 6.45) is 2.46. The molecule has 1 unspecified atom stereocenters. The van der Waals surface area contributed by atoms with Crippen molar-refractivity contribution in [3.8, 4) is 5.75 Å². The van der Waals surface area contributed by atoms with Crippen molar-refractivity contribution in [2.24, 2.45) is 0 Å². The van der Waals surface area contributed by atoms with Crippen molar-refractivity contribution >= 4 is 0 Å². The topological polar surface area (TPSA) is 29.5 Å². The molecule has 0 aliphatic rings. The highest BCUT2D eigenvalue weighted by Crippen LogP contribution is 2.26. The molecule has 1 rings (SSSR count). The summed E-state index contributed by atoms with van der Waals surface area (Å²) < 4.78 is 5.93. The fraction of sp³-hybridized carbons (Fsp3) is 0.571. The molecule has 0 heterocycles. The lowest BCUT2D eigenvalue weighted by molar-refractivity contribution is 0.207. The van der Waals surface area contributed by atoms with E-state index in [1.807, 2.05) is 26.0 Å². The smallest absolute Gasteiger partial charge is 0.125 e. The van der Waals surface area contributed by atoms with Gasteiger partial charge >= 0.3 is 0 Å². The molecule has 90 valence electrons. The molecule has 16 heavy (non-hydrogen) atoms.